The second-order valence-corrected chi connectivity index (χ2v) is 7.18. The van der Waals surface area contributed by atoms with E-state index in [0.29, 0.717) is 27.1 Å². The molecule has 1 amide bonds. The Morgan fingerprint density at radius 2 is 1.88 bits per heavy atom. The molecule has 1 aromatic carbocycles. The Labute approximate surface area is 166 Å². The summed E-state index contributed by atoms with van der Waals surface area (Å²) in [5.41, 5.74) is 0.851. The van der Waals surface area contributed by atoms with E-state index >= 15 is 0 Å². The number of alkyl halides is 1. The maximum Gasteiger partial charge on any atom is 0.281 e. The van der Waals surface area contributed by atoms with Gasteiger partial charge in [0.25, 0.3) is 5.91 Å². The van der Waals surface area contributed by atoms with Crippen LogP contribution in [0.25, 0.3) is 0 Å². The molecule has 0 bridgehead atoms. The Kier molecular flexibility index (Phi) is 6.91. The molecule has 0 radical (unpaired) electrons. The summed E-state index contributed by atoms with van der Waals surface area (Å²) < 4.78 is 15.2. The molecule has 142 valence electrons. The minimum absolute atomic E-state index is 0.0642. The molecule has 0 fully saturated rings. The fraction of sp³-hybridized carbons (Fsp3) is 0.412. The van der Waals surface area contributed by atoms with Gasteiger partial charge >= 0.3 is 0 Å². The van der Waals surface area contributed by atoms with Crippen LogP contribution in [0.5, 0.6) is 0 Å². The number of nitrogens with zero attached hydrogens (tertiary/aromatic N) is 3. The Balaban J connectivity index is 2.29. The standard InChI is InChI=1S/C17H19Cl3FN3O2/c1-9(5-12-14(19)6-11(18)7-15(12)20)24(26-4)17(25)13-8-23(3)22-16(13)10(2)21/h6-10H,5H2,1-4H3/t9-,10?/m0/s1. The molecule has 0 aliphatic rings. The number of carbonyl (C=O) groups is 1. The van der Waals surface area contributed by atoms with Gasteiger partial charge in [0.2, 0.25) is 0 Å². The third-order valence-corrected chi connectivity index (χ3v) is 4.76. The van der Waals surface area contributed by atoms with Crippen molar-refractivity contribution < 1.29 is 14.0 Å². The molecule has 2 atom stereocenters. The minimum atomic E-state index is -1.38. The van der Waals surface area contributed by atoms with Crippen molar-refractivity contribution in [1.82, 2.24) is 14.8 Å². The van der Waals surface area contributed by atoms with E-state index < -0.39 is 18.1 Å². The van der Waals surface area contributed by atoms with Gasteiger partial charge in [-0.2, -0.15) is 5.10 Å². The molecule has 0 saturated carbocycles. The van der Waals surface area contributed by atoms with Gasteiger partial charge in [0.05, 0.1) is 18.7 Å². The van der Waals surface area contributed by atoms with Crippen molar-refractivity contribution in [2.45, 2.75) is 32.5 Å². The predicted octanol–water partition coefficient (Wildman–Crippen LogP) is 5.05. The molecule has 5 nitrogen and oxygen atoms in total. The lowest BCUT2D eigenvalue weighted by Gasteiger charge is -2.27. The van der Waals surface area contributed by atoms with Gasteiger partial charge in [0.15, 0.2) is 0 Å². The summed E-state index contributed by atoms with van der Waals surface area (Å²) in [5.74, 6) is -0.492. The van der Waals surface area contributed by atoms with Crippen molar-refractivity contribution in [2.24, 2.45) is 7.05 Å². The predicted molar refractivity (Wildman–Crippen MR) is 101 cm³/mol. The van der Waals surface area contributed by atoms with Crippen molar-refractivity contribution >= 4 is 40.7 Å². The Hall–Kier alpha value is -1.34. The van der Waals surface area contributed by atoms with Gasteiger partial charge in [-0.3, -0.25) is 14.3 Å². The van der Waals surface area contributed by atoms with Crippen LogP contribution < -0.4 is 0 Å². The summed E-state index contributed by atoms with van der Waals surface area (Å²) in [7, 11) is 2.99. The molecule has 0 aliphatic carbocycles. The monoisotopic (exact) mass is 421 g/mol. The van der Waals surface area contributed by atoms with Crippen LogP contribution in [0.2, 0.25) is 15.1 Å². The third-order valence-electron chi connectivity index (χ3n) is 3.87. The highest BCUT2D eigenvalue weighted by molar-refractivity contribution is 6.39. The molecule has 9 heteroatoms. The maximum atomic E-state index is 13.8. The number of benzene rings is 1. The second-order valence-electron chi connectivity index (χ2n) is 5.93. The lowest BCUT2D eigenvalue weighted by atomic mass is 10.1. The summed E-state index contributed by atoms with van der Waals surface area (Å²) in [6.07, 6.45) is 0.411. The van der Waals surface area contributed by atoms with E-state index in [9.17, 15) is 9.18 Å². The zero-order valence-electron chi connectivity index (χ0n) is 14.8. The largest absolute Gasteiger partial charge is 0.281 e. The summed E-state index contributed by atoms with van der Waals surface area (Å²) in [6, 6.07) is 2.74. The maximum absolute atomic E-state index is 13.8. The molecular weight excluding hydrogens is 404 g/mol. The first-order valence-electron chi connectivity index (χ1n) is 7.84. The zero-order valence-corrected chi connectivity index (χ0v) is 17.0. The van der Waals surface area contributed by atoms with Crippen LogP contribution in [0, 0.1) is 0 Å². The van der Waals surface area contributed by atoms with Crippen molar-refractivity contribution in [3.8, 4) is 0 Å². The van der Waals surface area contributed by atoms with Gasteiger partial charge in [0.1, 0.15) is 11.9 Å². The summed E-state index contributed by atoms with van der Waals surface area (Å²) in [6.45, 7) is 3.10. The van der Waals surface area contributed by atoms with Crippen LogP contribution in [-0.2, 0) is 18.3 Å². The number of hydrogen-bond acceptors (Lipinski definition) is 3. The van der Waals surface area contributed by atoms with Crippen LogP contribution in [0.15, 0.2) is 18.3 Å². The fourth-order valence-electron chi connectivity index (χ4n) is 2.69. The van der Waals surface area contributed by atoms with Gasteiger partial charge in [-0.1, -0.05) is 34.8 Å². The summed E-state index contributed by atoms with van der Waals surface area (Å²) >= 11 is 18.4. The Bertz CT molecular complexity index is 788. The Morgan fingerprint density at radius 3 is 2.38 bits per heavy atom. The first kappa shape index (κ1) is 21.0. The number of aromatic nitrogens is 2. The highest BCUT2D eigenvalue weighted by atomic mass is 35.5. The number of halogens is 4. The number of carbonyl (C=O) groups excluding carboxylic acids is 1. The number of hydrogen-bond donors (Lipinski definition) is 0. The molecule has 1 unspecified atom stereocenters. The molecule has 0 aliphatic heterocycles. The second kappa shape index (κ2) is 8.57. The molecule has 2 rings (SSSR count). The van der Waals surface area contributed by atoms with Crippen molar-refractivity contribution in [2.75, 3.05) is 7.11 Å². The fourth-order valence-corrected chi connectivity index (χ4v) is 3.66. The van der Waals surface area contributed by atoms with Crippen molar-refractivity contribution in [3.63, 3.8) is 0 Å². The van der Waals surface area contributed by atoms with Crippen LogP contribution in [0.4, 0.5) is 4.39 Å². The van der Waals surface area contributed by atoms with Gasteiger partial charge in [-0.15, -0.1) is 0 Å². The van der Waals surface area contributed by atoms with Crippen LogP contribution in [0.3, 0.4) is 0 Å². The van der Waals surface area contributed by atoms with Gasteiger partial charge < -0.3 is 0 Å². The highest BCUT2D eigenvalue weighted by Crippen LogP contribution is 2.31. The summed E-state index contributed by atoms with van der Waals surface area (Å²) in [4.78, 5) is 18.1. The smallest absolute Gasteiger partial charge is 0.275 e. The molecule has 1 aromatic heterocycles. The number of aryl methyl sites for hydroxylation is 1. The number of rotatable bonds is 6. The van der Waals surface area contributed by atoms with Gasteiger partial charge in [-0.25, -0.2) is 9.45 Å². The van der Waals surface area contributed by atoms with Gasteiger partial charge in [0, 0.05) is 28.3 Å². The molecule has 0 saturated heterocycles. The van der Waals surface area contributed by atoms with Gasteiger partial charge in [-0.05, 0) is 38.0 Å². The summed E-state index contributed by atoms with van der Waals surface area (Å²) in [5, 5.41) is 6.39. The lowest BCUT2D eigenvalue weighted by Crippen LogP contribution is -2.39. The van der Waals surface area contributed by atoms with Crippen molar-refractivity contribution in [3.05, 3.63) is 50.2 Å². The molecule has 26 heavy (non-hydrogen) atoms. The van der Waals surface area contributed by atoms with E-state index in [4.69, 9.17) is 39.6 Å². The van der Waals surface area contributed by atoms with E-state index in [1.54, 1.807) is 26.1 Å². The SMILES string of the molecule is CON(C(=O)c1cn(C)nc1C(C)F)[C@@H](C)Cc1c(Cl)cc(Cl)cc1Cl. The topological polar surface area (TPSA) is 47.4 Å². The minimum Gasteiger partial charge on any atom is -0.275 e. The number of amides is 1. The quantitative estimate of drug-likeness (QED) is 0.612. The molecule has 1 heterocycles. The van der Waals surface area contributed by atoms with Crippen molar-refractivity contribution in [1.29, 1.82) is 0 Å². The van der Waals surface area contributed by atoms with E-state index in [2.05, 4.69) is 5.10 Å². The van der Waals surface area contributed by atoms with E-state index in [-0.39, 0.29) is 11.3 Å². The third kappa shape index (κ3) is 4.49. The highest BCUT2D eigenvalue weighted by Gasteiger charge is 2.29. The average Bonchev–Trinajstić information content (AvgIpc) is 2.93. The molecule has 2 aromatic rings. The lowest BCUT2D eigenvalue weighted by molar-refractivity contribution is -0.119. The number of hydroxylamine groups is 2. The van der Waals surface area contributed by atoms with E-state index in [1.165, 1.54) is 24.9 Å². The Morgan fingerprint density at radius 1 is 1.31 bits per heavy atom. The first-order chi connectivity index (χ1) is 12.1. The molecular formula is C17H19Cl3FN3O2. The van der Waals surface area contributed by atoms with E-state index in [1.807, 2.05) is 0 Å². The van der Waals surface area contributed by atoms with Crippen LogP contribution in [-0.4, -0.2) is 33.9 Å². The molecule has 0 N–H and O–H groups in total. The first-order valence-corrected chi connectivity index (χ1v) is 8.97. The van der Waals surface area contributed by atoms with Crippen LogP contribution in [0.1, 0.15) is 41.6 Å². The van der Waals surface area contributed by atoms with Crippen LogP contribution >= 0.6 is 34.8 Å². The average molecular weight is 423 g/mol. The molecule has 0 spiro atoms. The van der Waals surface area contributed by atoms with E-state index in [0.717, 1.165) is 5.06 Å². The zero-order chi connectivity index (χ0) is 19.6. The normalized spacial score (nSPS) is 13.5.